The summed E-state index contributed by atoms with van der Waals surface area (Å²) in [4.78, 5) is 15.0. The number of nitrogens with zero attached hydrogens (tertiary/aromatic N) is 2. The molecule has 0 aliphatic carbocycles. The maximum atomic E-state index is 10.8. The van der Waals surface area contributed by atoms with Crippen molar-refractivity contribution in [2.75, 3.05) is 7.05 Å². The minimum atomic E-state index is -0.930. The fourth-order valence-corrected chi connectivity index (χ4v) is 1.46. The monoisotopic (exact) mass is 205 g/mol. The summed E-state index contributed by atoms with van der Waals surface area (Å²) in [7, 11) is 1.82. The number of aromatic carboxylic acids is 1. The third-order valence-electron chi connectivity index (χ3n) is 2.19. The molecule has 5 heteroatoms. The highest BCUT2D eigenvalue weighted by molar-refractivity contribution is 5.87. The summed E-state index contributed by atoms with van der Waals surface area (Å²) in [6.45, 7) is 0.608. The second kappa shape index (κ2) is 3.70. The quantitative estimate of drug-likeness (QED) is 0.776. The van der Waals surface area contributed by atoms with Crippen molar-refractivity contribution in [3.63, 3.8) is 0 Å². The van der Waals surface area contributed by atoms with Crippen LogP contribution in [0.3, 0.4) is 0 Å². The largest absolute Gasteiger partial charge is 0.478 e. The number of fused-ring (bicyclic) bond motifs is 1. The van der Waals surface area contributed by atoms with Crippen molar-refractivity contribution in [1.29, 1.82) is 0 Å². The van der Waals surface area contributed by atoms with Gasteiger partial charge in [0.25, 0.3) is 0 Å². The van der Waals surface area contributed by atoms with E-state index >= 15 is 0 Å². The van der Waals surface area contributed by atoms with Crippen molar-refractivity contribution in [1.82, 2.24) is 14.7 Å². The molecule has 0 unspecified atom stereocenters. The highest BCUT2D eigenvalue weighted by Crippen LogP contribution is 2.09. The average Bonchev–Trinajstić information content (AvgIpc) is 2.61. The maximum absolute atomic E-state index is 10.8. The summed E-state index contributed by atoms with van der Waals surface area (Å²) in [5.41, 5.74) is 1.16. The second-order valence-electron chi connectivity index (χ2n) is 3.22. The number of pyridine rings is 1. The molecule has 2 aromatic rings. The van der Waals surface area contributed by atoms with Crippen LogP contribution in [-0.2, 0) is 6.54 Å². The molecular formula is C10H11N3O2. The predicted octanol–water partition coefficient (Wildman–Crippen LogP) is 0.752. The van der Waals surface area contributed by atoms with E-state index in [1.807, 2.05) is 7.05 Å². The number of carboxylic acid groups (broad SMARTS) is 1. The first-order chi connectivity index (χ1) is 7.22. The van der Waals surface area contributed by atoms with Crippen molar-refractivity contribution in [3.05, 3.63) is 35.9 Å². The molecule has 2 rings (SSSR count). The fourth-order valence-electron chi connectivity index (χ4n) is 1.46. The van der Waals surface area contributed by atoms with Crippen LogP contribution in [-0.4, -0.2) is 27.5 Å². The zero-order valence-electron chi connectivity index (χ0n) is 8.27. The van der Waals surface area contributed by atoms with Crippen molar-refractivity contribution >= 4 is 11.5 Å². The van der Waals surface area contributed by atoms with Crippen LogP contribution in [0, 0.1) is 0 Å². The minimum absolute atomic E-state index is 0.262. The van der Waals surface area contributed by atoms with Gasteiger partial charge in [-0.05, 0) is 19.2 Å². The molecule has 0 atom stereocenters. The lowest BCUT2D eigenvalue weighted by Crippen LogP contribution is -2.09. The van der Waals surface area contributed by atoms with Gasteiger partial charge in [-0.25, -0.2) is 9.78 Å². The Balaban J connectivity index is 2.56. The summed E-state index contributed by atoms with van der Waals surface area (Å²) in [5.74, 6) is -0.128. The first-order valence-corrected chi connectivity index (χ1v) is 4.56. The number of carbonyl (C=O) groups is 1. The highest BCUT2D eigenvalue weighted by Gasteiger charge is 2.06. The molecule has 0 aliphatic rings. The van der Waals surface area contributed by atoms with E-state index in [4.69, 9.17) is 5.11 Å². The number of imidazole rings is 1. The van der Waals surface area contributed by atoms with Crippen LogP contribution in [0.5, 0.6) is 0 Å². The molecule has 0 aliphatic heterocycles. The Hall–Kier alpha value is -1.88. The zero-order valence-corrected chi connectivity index (χ0v) is 8.27. The van der Waals surface area contributed by atoms with Gasteiger partial charge in [-0.15, -0.1) is 0 Å². The van der Waals surface area contributed by atoms with Crippen LogP contribution in [0.25, 0.3) is 5.52 Å². The smallest absolute Gasteiger partial charge is 0.337 e. The van der Waals surface area contributed by atoms with Gasteiger partial charge in [0.2, 0.25) is 0 Å². The molecule has 2 N–H and O–H groups in total. The molecule has 2 aromatic heterocycles. The third-order valence-corrected chi connectivity index (χ3v) is 2.19. The Morgan fingerprint density at radius 3 is 3.07 bits per heavy atom. The molecule has 0 fully saturated rings. The Bertz CT molecular complexity index is 504. The van der Waals surface area contributed by atoms with Crippen LogP contribution in [0.4, 0.5) is 0 Å². The Labute approximate surface area is 86.4 Å². The van der Waals surface area contributed by atoms with E-state index in [9.17, 15) is 4.79 Å². The summed E-state index contributed by atoms with van der Waals surface area (Å²) in [6.07, 6.45) is 3.30. The molecule has 2 heterocycles. The molecule has 0 saturated heterocycles. The van der Waals surface area contributed by atoms with Gasteiger partial charge < -0.3 is 14.8 Å². The van der Waals surface area contributed by atoms with Gasteiger partial charge >= 0.3 is 5.97 Å². The lowest BCUT2D eigenvalue weighted by Gasteiger charge is -2.01. The van der Waals surface area contributed by atoms with E-state index < -0.39 is 5.97 Å². The van der Waals surface area contributed by atoms with E-state index in [0.29, 0.717) is 6.54 Å². The number of nitrogens with one attached hydrogen (secondary N) is 1. The van der Waals surface area contributed by atoms with Crippen molar-refractivity contribution in [2.24, 2.45) is 0 Å². The van der Waals surface area contributed by atoms with Gasteiger partial charge in [0, 0.05) is 6.20 Å². The van der Waals surface area contributed by atoms with Crippen molar-refractivity contribution < 1.29 is 9.90 Å². The Kier molecular flexibility index (Phi) is 2.39. The standard InChI is InChI=1S/C10H11N3O2/c1-11-5-9-12-4-8-3-2-7(10(14)15)6-13(8)9/h2-4,6,11H,5H2,1H3,(H,14,15). The number of rotatable bonds is 3. The summed E-state index contributed by atoms with van der Waals surface area (Å²) in [5, 5.41) is 11.8. The number of carboxylic acids is 1. The average molecular weight is 205 g/mol. The predicted molar refractivity (Wildman–Crippen MR) is 54.9 cm³/mol. The van der Waals surface area contributed by atoms with E-state index in [-0.39, 0.29) is 5.56 Å². The SMILES string of the molecule is CNCc1ncc2ccc(C(=O)O)cn12. The van der Waals surface area contributed by atoms with E-state index in [0.717, 1.165) is 11.3 Å². The summed E-state index contributed by atoms with van der Waals surface area (Å²) in [6, 6.07) is 3.32. The zero-order chi connectivity index (χ0) is 10.8. The number of aromatic nitrogens is 2. The van der Waals surface area contributed by atoms with Crippen LogP contribution < -0.4 is 5.32 Å². The number of hydrogen-bond acceptors (Lipinski definition) is 3. The Morgan fingerprint density at radius 2 is 2.40 bits per heavy atom. The normalized spacial score (nSPS) is 10.7. The molecule has 78 valence electrons. The molecule has 0 radical (unpaired) electrons. The van der Waals surface area contributed by atoms with Crippen LogP contribution in [0.1, 0.15) is 16.2 Å². The number of hydrogen-bond donors (Lipinski definition) is 2. The van der Waals surface area contributed by atoms with E-state index in [1.54, 1.807) is 28.9 Å². The summed E-state index contributed by atoms with van der Waals surface area (Å²) >= 11 is 0. The van der Waals surface area contributed by atoms with Crippen LogP contribution >= 0.6 is 0 Å². The van der Waals surface area contributed by atoms with Crippen LogP contribution in [0.2, 0.25) is 0 Å². The molecule has 15 heavy (non-hydrogen) atoms. The second-order valence-corrected chi connectivity index (χ2v) is 3.22. The van der Waals surface area contributed by atoms with E-state index in [1.165, 1.54) is 0 Å². The van der Waals surface area contributed by atoms with Crippen molar-refractivity contribution in [2.45, 2.75) is 6.54 Å². The molecule has 0 amide bonds. The van der Waals surface area contributed by atoms with E-state index in [2.05, 4.69) is 10.3 Å². The molecule has 0 saturated carbocycles. The minimum Gasteiger partial charge on any atom is -0.478 e. The lowest BCUT2D eigenvalue weighted by atomic mass is 10.3. The molecule has 0 spiro atoms. The molecule has 0 bridgehead atoms. The molecule has 0 aromatic carbocycles. The molecule has 5 nitrogen and oxygen atoms in total. The van der Waals surface area contributed by atoms with Gasteiger partial charge in [-0.2, -0.15) is 0 Å². The van der Waals surface area contributed by atoms with Crippen LogP contribution in [0.15, 0.2) is 24.5 Å². The van der Waals surface area contributed by atoms with Gasteiger partial charge in [0.1, 0.15) is 5.82 Å². The van der Waals surface area contributed by atoms with Gasteiger partial charge in [-0.1, -0.05) is 0 Å². The van der Waals surface area contributed by atoms with Gasteiger partial charge in [0.05, 0.1) is 23.8 Å². The fraction of sp³-hybridized carbons (Fsp3) is 0.200. The van der Waals surface area contributed by atoms with Gasteiger partial charge in [0.15, 0.2) is 0 Å². The summed E-state index contributed by atoms with van der Waals surface area (Å²) < 4.78 is 1.78. The lowest BCUT2D eigenvalue weighted by molar-refractivity contribution is 0.0696. The van der Waals surface area contributed by atoms with Gasteiger partial charge in [-0.3, -0.25) is 0 Å². The maximum Gasteiger partial charge on any atom is 0.337 e. The first-order valence-electron chi connectivity index (χ1n) is 4.56. The molecular weight excluding hydrogens is 194 g/mol. The Morgan fingerprint density at radius 1 is 1.60 bits per heavy atom. The van der Waals surface area contributed by atoms with Crippen molar-refractivity contribution in [3.8, 4) is 0 Å². The highest BCUT2D eigenvalue weighted by atomic mass is 16.4. The first kappa shape index (κ1) is 9.67. The topological polar surface area (TPSA) is 66.6 Å². The third kappa shape index (κ3) is 1.69.